The molecular formula is C11H12F3NO2S. The lowest BCUT2D eigenvalue weighted by Crippen LogP contribution is -2.55. The van der Waals surface area contributed by atoms with E-state index in [2.05, 4.69) is 5.32 Å². The third kappa shape index (κ3) is 1.73. The van der Waals surface area contributed by atoms with Gasteiger partial charge in [0.05, 0.1) is 10.6 Å². The van der Waals surface area contributed by atoms with Crippen molar-refractivity contribution in [2.45, 2.75) is 23.0 Å². The van der Waals surface area contributed by atoms with Crippen LogP contribution in [0, 0.1) is 0 Å². The molecular weight excluding hydrogens is 267 g/mol. The second-order valence-electron chi connectivity index (χ2n) is 4.22. The molecule has 0 aromatic heterocycles. The average molecular weight is 279 g/mol. The number of hydrogen-bond acceptors (Lipinski definition) is 3. The van der Waals surface area contributed by atoms with Crippen molar-refractivity contribution >= 4 is 9.84 Å². The molecule has 100 valence electrons. The van der Waals surface area contributed by atoms with E-state index in [1.165, 1.54) is 31.3 Å². The summed E-state index contributed by atoms with van der Waals surface area (Å²) in [7, 11) is -2.43. The van der Waals surface area contributed by atoms with Crippen molar-refractivity contribution in [1.29, 1.82) is 0 Å². The Morgan fingerprint density at radius 3 is 2.44 bits per heavy atom. The highest BCUT2D eigenvalue weighted by Crippen LogP contribution is 2.46. The molecule has 0 fully saturated rings. The zero-order chi connectivity index (χ0) is 13.6. The molecule has 0 saturated carbocycles. The van der Waals surface area contributed by atoms with E-state index in [9.17, 15) is 21.6 Å². The molecule has 1 unspecified atom stereocenters. The molecule has 18 heavy (non-hydrogen) atoms. The quantitative estimate of drug-likeness (QED) is 0.853. The lowest BCUT2D eigenvalue weighted by atomic mass is 9.86. The Hall–Kier alpha value is -1.08. The van der Waals surface area contributed by atoms with Crippen molar-refractivity contribution in [3.63, 3.8) is 0 Å². The zero-order valence-electron chi connectivity index (χ0n) is 9.58. The molecule has 1 aliphatic rings. The number of fused-ring (bicyclic) bond motifs is 1. The van der Waals surface area contributed by atoms with Crippen LogP contribution in [0.3, 0.4) is 0 Å². The summed E-state index contributed by atoms with van der Waals surface area (Å²) in [4.78, 5) is -0.233. The van der Waals surface area contributed by atoms with E-state index in [4.69, 9.17) is 0 Å². The van der Waals surface area contributed by atoms with Crippen LogP contribution >= 0.6 is 0 Å². The maximum absolute atomic E-state index is 13.3. The van der Waals surface area contributed by atoms with Gasteiger partial charge in [0.2, 0.25) is 0 Å². The fourth-order valence-corrected chi connectivity index (χ4v) is 3.98. The van der Waals surface area contributed by atoms with Crippen LogP contribution in [-0.2, 0) is 15.4 Å². The lowest BCUT2D eigenvalue weighted by Gasteiger charge is -2.39. The molecule has 7 heteroatoms. The Morgan fingerprint density at radius 1 is 1.28 bits per heavy atom. The zero-order valence-corrected chi connectivity index (χ0v) is 10.4. The second kappa shape index (κ2) is 3.96. The Morgan fingerprint density at radius 2 is 1.89 bits per heavy atom. The monoisotopic (exact) mass is 279 g/mol. The molecule has 0 radical (unpaired) electrons. The van der Waals surface area contributed by atoms with Gasteiger partial charge in [-0.1, -0.05) is 18.2 Å². The molecule has 1 aromatic rings. The van der Waals surface area contributed by atoms with Crippen LogP contribution in [0.5, 0.6) is 0 Å². The van der Waals surface area contributed by atoms with Gasteiger partial charge < -0.3 is 5.32 Å². The van der Waals surface area contributed by atoms with E-state index in [1.54, 1.807) is 0 Å². The summed E-state index contributed by atoms with van der Waals surface area (Å²) >= 11 is 0. The Balaban J connectivity index is 2.76. The molecule has 1 aromatic carbocycles. The third-order valence-electron chi connectivity index (χ3n) is 3.34. The first-order chi connectivity index (χ1) is 8.24. The number of alkyl halides is 3. The minimum atomic E-state index is -4.55. The van der Waals surface area contributed by atoms with Gasteiger partial charge in [-0.3, -0.25) is 0 Å². The molecule has 0 saturated heterocycles. The summed E-state index contributed by atoms with van der Waals surface area (Å²) < 4.78 is 63.4. The second-order valence-corrected chi connectivity index (χ2v) is 6.30. The van der Waals surface area contributed by atoms with Gasteiger partial charge in [-0.25, -0.2) is 8.42 Å². The van der Waals surface area contributed by atoms with E-state index in [1.807, 2.05) is 0 Å². The lowest BCUT2D eigenvalue weighted by molar-refractivity contribution is -0.201. The Bertz CT molecular complexity index is 568. The first kappa shape index (κ1) is 13.4. The minimum Gasteiger partial charge on any atom is -0.303 e. The van der Waals surface area contributed by atoms with Crippen LogP contribution in [0.15, 0.2) is 29.2 Å². The Kier molecular flexibility index (Phi) is 2.94. The van der Waals surface area contributed by atoms with Crippen molar-refractivity contribution in [3.8, 4) is 0 Å². The standard InChI is InChI=1S/C11H12F3NO2S/c1-15-10(11(12,13)14)6-7-18(16,17)9-5-3-2-4-8(9)10/h2-5,15H,6-7H2,1H3. The highest BCUT2D eigenvalue weighted by molar-refractivity contribution is 7.91. The van der Waals surface area contributed by atoms with Crippen molar-refractivity contribution in [2.75, 3.05) is 12.8 Å². The van der Waals surface area contributed by atoms with Crippen molar-refractivity contribution in [3.05, 3.63) is 29.8 Å². The largest absolute Gasteiger partial charge is 0.410 e. The number of nitrogens with one attached hydrogen (secondary N) is 1. The summed E-state index contributed by atoms with van der Waals surface area (Å²) in [6.45, 7) is 0. The van der Waals surface area contributed by atoms with E-state index in [0.29, 0.717) is 0 Å². The maximum atomic E-state index is 13.3. The summed E-state index contributed by atoms with van der Waals surface area (Å²) in [5.74, 6) is -0.510. The van der Waals surface area contributed by atoms with Crippen LogP contribution in [0.25, 0.3) is 0 Å². The van der Waals surface area contributed by atoms with Gasteiger partial charge in [0.25, 0.3) is 0 Å². The van der Waals surface area contributed by atoms with Gasteiger partial charge >= 0.3 is 6.18 Å². The van der Waals surface area contributed by atoms with Crippen molar-refractivity contribution < 1.29 is 21.6 Å². The fourth-order valence-electron chi connectivity index (χ4n) is 2.32. The van der Waals surface area contributed by atoms with Crippen LogP contribution in [0.4, 0.5) is 13.2 Å². The first-order valence-corrected chi connectivity index (χ1v) is 6.98. The van der Waals surface area contributed by atoms with Gasteiger partial charge in [0.1, 0.15) is 5.54 Å². The molecule has 3 nitrogen and oxygen atoms in total. The van der Waals surface area contributed by atoms with Crippen molar-refractivity contribution in [1.82, 2.24) is 5.32 Å². The fraction of sp³-hybridized carbons (Fsp3) is 0.455. The summed E-state index contributed by atoms with van der Waals surface area (Å²) in [5, 5.41) is 2.26. The normalized spacial score (nSPS) is 26.7. The van der Waals surface area contributed by atoms with Crippen molar-refractivity contribution in [2.24, 2.45) is 0 Å². The summed E-state index contributed by atoms with van der Waals surface area (Å²) in [6, 6.07) is 5.29. The third-order valence-corrected chi connectivity index (χ3v) is 5.11. The molecule has 1 aliphatic heterocycles. The first-order valence-electron chi connectivity index (χ1n) is 5.32. The SMILES string of the molecule is CNC1(C(F)(F)F)CCS(=O)(=O)c2ccccc21. The minimum absolute atomic E-state index is 0.216. The van der Waals surface area contributed by atoms with Gasteiger partial charge in [0.15, 0.2) is 9.84 Å². The van der Waals surface area contributed by atoms with E-state index in [0.717, 1.165) is 0 Å². The molecule has 1 N–H and O–H groups in total. The highest BCUT2D eigenvalue weighted by Gasteiger charge is 2.58. The topological polar surface area (TPSA) is 46.2 Å². The maximum Gasteiger partial charge on any atom is 0.410 e. The van der Waals surface area contributed by atoms with Gasteiger partial charge in [-0.15, -0.1) is 0 Å². The highest BCUT2D eigenvalue weighted by atomic mass is 32.2. The van der Waals surface area contributed by atoms with Crippen LogP contribution in [-0.4, -0.2) is 27.4 Å². The number of sulfone groups is 1. The summed E-state index contributed by atoms with van der Waals surface area (Å²) in [5.41, 5.74) is -2.50. The van der Waals surface area contributed by atoms with Gasteiger partial charge in [-0.2, -0.15) is 13.2 Å². The summed E-state index contributed by atoms with van der Waals surface area (Å²) in [6.07, 6.45) is -5.06. The molecule has 0 aliphatic carbocycles. The van der Waals surface area contributed by atoms with E-state index >= 15 is 0 Å². The van der Waals surface area contributed by atoms with E-state index < -0.39 is 33.7 Å². The number of halogens is 3. The average Bonchev–Trinajstić information content (AvgIpc) is 2.28. The smallest absolute Gasteiger partial charge is 0.303 e. The number of benzene rings is 1. The number of hydrogen-bond donors (Lipinski definition) is 1. The predicted molar refractivity (Wildman–Crippen MR) is 59.9 cm³/mol. The van der Waals surface area contributed by atoms with Crippen LogP contribution in [0.1, 0.15) is 12.0 Å². The molecule has 2 rings (SSSR count). The van der Waals surface area contributed by atoms with Crippen LogP contribution < -0.4 is 5.32 Å². The molecule has 0 bridgehead atoms. The molecule has 1 atom stereocenters. The van der Waals surface area contributed by atoms with Gasteiger partial charge in [-0.05, 0) is 25.1 Å². The number of rotatable bonds is 1. The van der Waals surface area contributed by atoms with E-state index in [-0.39, 0.29) is 10.5 Å². The predicted octanol–water partition coefficient (Wildman–Crippen LogP) is 1.84. The van der Waals surface area contributed by atoms with Crippen LogP contribution in [0.2, 0.25) is 0 Å². The molecule has 0 amide bonds. The molecule has 0 spiro atoms. The Labute approximate surface area is 103 Å². The van der Waals surface area contributed by atoms with Gasteiger partial charge in [0, 0.05) is 0 Å². The molecule has 1 heterocycles.